The SMILES string of the molecule is CCCCCC(CC)(c1ccc(O)c(C)c1)c1ccc(O)c(C)c1. The van der Waals surface area contributed by atoms with Gasteiger partial charge in [0, 0.05) is 5.41 Å². The van der Waals surface area contributed by atoms with Crippen molar-refractivity contribution >= 4 is 0 Å². The molecule has 24 heavy (non-hydrogen) atoms. The van der Waals surface area contributed by atoms with E-state index in [0.29, 0.717) is 11.5 Å². The van der Waals surface area contributed by atoms with Crippen molar-refractivity contribution in [1.82, 2.24) is 0 Å². The summed E-state index contributed by atoms with van der Waals surface area (Å²) >= 11 is 0. The predicted octanol–water partition coefficient (Wildman–Crippen LogP) is 5.99. The first-order chi connectivity index (χ1) is 11.4. The van der Waals surface area contributed by atoms with E-state index < -0.39 is 0 Å². The topological polar surface area (TPSA) is 40.5 Å². The Hall–Kier alpha value is -1.96. The van der Waals surface area contributed by atoms with E-state index in [1.54, 1.807) is 0 Å². The van der Waals surface area contributed by atoms with Crippen LogP contribution in [0.4, 0.5) is 0 Å². The third kappa shape index (κ3) is 3.58. The number of aryl methyl sites for hydroxylation is 2. The minimum Gasteiger partial charge on any atom is -0.508 e. The van der Waals surface area contributed by atoms with Gasteiger partial charge in [0.1, 0.15) is 11.5 Å². The van der Waals surface area contributed by atoms with Gasteiger partial charge in [-0.25, -0.2) is 0 Å². The average Bonchev–Trinajstić information content (AvgIpc) is 2.57. The van der Waals surface area contributed by atoms with E-state index in [4.69, 9.17) is 0 Å². The second-order valence-corrected chi connectivity index (χ2v) is 6.90. The molecule has 0 aromatic heterocycles. The van der Waals surface area contributed by atoms with Crippen LogP contribution in [0.3, 0.4) is 0 Å². The summed E-state index contributed by atoms with van der Waals surface area (Å²) in [4.78, 5) is 0. The molecule has 0 heterocycles. The average molecular weight is 326 g/mol. The van der Waals surface area contributed by atoms with Crippen LogP contribution in [0.5, 0.6) is 11.5 Å². The maximum atomic E-state index is 9.91. The third-order valence-electron chi connectivity index (χ3n) is 5.31. The molecule has 2 N–H and O–H groups in total. The second-order valence-electron chi connectivity index (χ2n) is 6.90. The van der Waals surface area contributed by atoms with E-state index in [-0.39, 0.29) is 5.41 Å². The van der Waals surface area contributed by atoms with Gasteiger partial charge in [-0.05, 0) is 61.1 Å². The Bertz CT molecular complexity index is 637. The fraction of sp³-hybridized carbons (Fsp3) is 0.455. The van der Waals surface area contributed by atoms with Gasteiger partial charge in [0.15, 0.2) is 0 Å². The fourth-order valence-corrected chi connectivity index (χ4v) is 3.62. The van der Waals surface area contributed by atoms with Crippen molar-refractivity contribution in [2.45, 2.75) is 65.2 Å². The predicted molar refractivity (Wildman–Crippen MR) is 101 cm³/mol. The molecule has 0 amide bonds. The summed E-state index contributed by atoms with van der Waals surface area (Å²) in [7, 11) is 0. The number of hydrogen-bond acceptors (Lipinski definition) is 2. The zero-order chi connectivity index (χ0) is 17.7. The van der Waals surface area contributed by atoms with Gasteiger partial charge < -0.3 is 10.2 Å². The van der Waals surface area contributed by atoms with Gasteiger partial charge in [-0.1, -0.05) is 57.4 Å². The monoisotopic (exact) mass is 326 g/mol. The Morgan fingerprint density at radius 1 is 0.792 bits per heavy atom. The number of rotatable bonds is 7. The second kappa shape index (κ2) is 7.74. The van der Waals surface area contributed by atoms with Crippen molar-refractivity contribution in [3.05, 3.63) is 58.7 Å². The van der Waals surface area contributed by atoms with Crippen molar-refractivity contribution in [1.29, 1.82) is 0 Å². The molecule has 0 aliphatic carbocycles. The van der Waals surface area contributed by atoms with Gasteiger partial charge in [0.05, 0.1) is 0 Å². The van der Waals surface area contributed by atoms with Gasteiger partial charge in [-0.2, -0.15) is 0 Å². The molecule has 2 nitrogen and oxygen atoms in total. The van der Waals surface area contributed by atoms with Gasteiger partial charge in [0.25, 0.3) is 0 Å². The highest BCUT2D eigenvalue weighted by molar-refractivity contribution is 5.47. The van der Waals surface area contributed by atoms with E-state index in [1.165, 1.54) is 30.4 Å². The lowest BCUT2D eigenvalue weighted by atomic mass is 9.68. The molecule has 2 aromatic rings. The highest BCUT2D eigenvalue weighted by atomic mass is 16.3. The smallest absolute Gasteiger partial charge is 0.118 e. The fourth-order valence-electron chi connectivity index (χ4n) is 3.62. The van der Waals surface area contributed by atoms with Gasteiger partial charge >= 0.3 is 0 Å². The number of aromatic hydroxyl groups is 2. The van der Waals surface area contributed by atoms with Crippen LogP contribution in [0.15, 0.2) is 36.4 Å². The third-order valence-corrected chi connectivity index (χ3v) is 5.31. The highest BCUT2D eigenvalue weighted by Crippen LogP contribution is 2.42. The Balaban J connectivity index is 2.57. The van der Waals surface area contributed by atoms with E-state index >= 15 is 0 Å². The van der Waals surface area contributed by atoms with E-state index in [2.05, 4.69) is 38.1 Å². The van der Waals surface area contributed by atoms with Crippen molar-refractivity contribution in [3.63, 3.8) is 0 Å². The van der Waals surface area contributed by atoms with Crippen molar-refractivity contribution in [2.24, 2.45) is 0 Å². The first-order valence-corrected chi connectivity index (χ1v) is 9.04. The molecule has 0 aliphatic heterocycles. The molecule has 0 aliphatic rings. The molecule has 0 fully saturated rings. The lowest BCUT2D eigenvalue weighted by Gasteiger charge is -2.35. The van der Waals surface area contributed by atoms with Gasteiger partial charge in [-0.3, -0.25) is 0 Å². The maximum absolute atomic E-state index is 9.91. The molecule has 2 aromatic carbocycles. The van der Waals surface area contributed by atoms with E-state index in [0.717, 1.165) is 24.0 Å². The van der Waals surface area contributed by atoms with Crippen molar-refractivity contribution < 1.29 is 10.2 Å². The summed E-state index contributed by atoms with van der Waals surface area (Å²) in [6.07, 6.45) is 5.65. The summed E-state index contributed by atoms with van der Waals surface area (Å²) in [6.45, 7) is 8.36. The molecule has 130 valence electrons. The maximum Gasteiger partial charge on any atom is 0.118 e. The van der Waals surface area contributed by atoms with Crippen LogP contribution in [0.2, 0.25) is 0 Å². The van der Waals surface area contributed by atoms with E-state index in [9.17, 15) is 10.2 Å². The van der Waals surface area contributed by atoms with Crippen LogP contribution < -0.4 is 0 Å². The number of benzene rings is 2. The highest BCUT2D eigenvalue weighted by Gasteiger charge is 2.32. The molecule has 0 radical (unpaired) electrons. The van der Waals surface area contributed by atoms with Crippen LogP contribution in [0, 0.1) is 13.8 Å². The van der Waals surface area contributed by atoms with Gasteiger partial charge in [-0.15, -0.1) is 0 Å². The number of phenols is 2. The quantitative estimate of drug-likeness (QED) is 0.613. The first kappa shape index (κ1) is 18.4. The summed E-state index contributed by atoms with van der Waals surface area (Å²) in [5.74, 6) is 0.693. The Labute approximate surface area is 146 Å². The molecule has 2 rings (SSSR count). The van der Waals surface area contributed by atoms with Crippen LogP contribution >= 0.6 is 0 Å². The van der Waals surface area contributed by atoms with E-state index in [1.807, 2.05) is 26.0 Å². The molecule has 0 bridgehead atoms. The largest absolute Gasteiger partial charge is 0.508 e. The summed E-state index contributed by atoms with van der Waals surface area (Å²) in [5, 5.41) is 19.8. The normalized spacial score (nSPS) is 11.7. The Morgan fingerprint density at radius 3 is 1.67 bits per heavy atom. The van der Waals surface area contributed by atoms with Crippen LogP contribution in [-0.2, 0) is 5.41 Å². The minimum absolute atomic E-state index is 0.0773. The summed E-state index contributed by atoms with van der Waals surface area (Å²) in [5.41, 5.74) is 4.25. The molecule has 0 saturated carbocycles. The van der Waals surface area contributed by atoms with Crippen molar-refractivity contribution in [2.75, 3.05) is 0 Å². The molecule has 0 unspecified atom stereocenters. The lowest BCUT2D eigenvalue weighted by Crippen LogP contribution is -2.27. The zero-order valence-electron chi connectivity index (χ0n) is 15.4. The Morgan fingerprint density at radius 2 is 1.29 bits per heavy atom. The summed E-state index contributed by atoms with van der Waals surface area (Å²) in [6, 6.07) is 12.0. The molecule has 2 heteroatoms. The number of hydrogen-bond donors (Lipinski definition) is 2. The zero-order valence-corrected chi connectivity index (χ0v) is 15.4. The van der Waals surface area contributed by atoms with Crippen LogP contribution in [0.1, 0.15) is 68.2 Å². The molecule has 0 atom stereocenters. The van der Waals surface area contributed by atoms with Crippen molar-refractivity contribution in [3.8, 4) is 11.5 Å². The molecular weight excluding hydrogens is 296 g/mol. The summed E-state index contributed by atoms with van der Waals surface area (Å²) < 4.78 is 0. The molecule has 0 spiro atoms. The number of phenolic OH excluding ortho intramolecular Hbond substituents is 2. The molecule has 0 saturated heterocycles. The molecular formula is C22H30O2. The first-order valence-electron chi connectivity index (χ1n) is 9.04. The van der Waals surface area contributed by atoms with Crippen LogP contribution in [0.25, 0.3) is 0 Å². The lowest BCUT2D eigenvalue weighted by molar-refractivity contribution is 0.426. The minimum atomic E-state index is -0.0773. The van der Waals surface area contributed by atoms with Gasteiger partial charge in [0.2, 0.25) is 0 Å². The number of unbranched alkanes of at least 4 members (excludes halogenated alkanes) is 2. The standard InChI is InChI=1S/C22H30O2/c1-5-7-8-13-22(6-2,18-9-11-20(23)16(3)14-18)19-10-12-21(24)17(4)15-19/h9-12,14-15,23-24H,5-8,13H2,1-4H3. The van der Waals surface area contributed by atoms with Crippen LogP contribution in [-0.4, -0.2) is 10.2 Å². The Kier molecular flexibility index (Phi) is 5.93.